The maximum absolute atomic E-state index is 13.0. The summed E-state index contributed by atoms with van der Waals surface area (Å²) < 4.78 is 0. The molecule has 1 amide bonds. The van der Waals surface area contributed by atoms with Crippen molar-refractivity contribution in [2.24, 2.45) is 11.3 Å². The summed E-state index contributed by atoms with van der Waals surface area (Å²) in [4.78, 5) is 40.3. The number of fused-ring (bicyclic) bond motifs is 2. The van der Waals surface area contributed by atoms with Gasteiger partial charge in [-0.15, -0.1) is 0 Å². The van der Waals surface area contributed by atoms with E-state index in [-0.39, 0.29) is 22.9 Å². The smallest absolute Gasteiger partial charge is 0.291 e. The number of carbonyl (C=O) groups excluding carboxylic acids is 3. The number of aryl methyl sites for hydroxylation is 1. The second-order valence-corrected chi connectivity index (χ2v) is 9.81. The minimum absolute atomic E-state index is 0.0629. The van der Waals surface area contributed by atoms with Gasteiger partial charge in [0.25, 0.3) is 5.91 Å². The number of piperidine rings is 1. The highest BCUT2D eigenvalue weighted by molar-refractivity contribution is 8.13. The lowest BCUT2D eigenvalue weighted by Gasteiger charge is -2.35. The number of Topliss-reactive ketones (excluding diaryl/α,β-unsaturated/α-hetero) is 1. The number of benzene rings is 1. The van der Waals surface area contributed by atoms with Crippen molar-refractivity contribution < 1.29 is 14.4 Å². The van der Waals surface area contributed by atoms with Crippen molar-refractivity contribution in [3.05, 3.63) is 35.9 Å². The van der Waals surface area contributed by atoms with Gasteiger partial charge in [-0.05, 0) is 50.0 Å². The fourth-order valence-corrected chi connectivity index (χ4v) is 5.30. The highest BCUT2D eigenvalue weighted by atomic mass is 32.2. The van der Waals surface area contributed by atoms with E-state index in [9.17, 15) is 14.4 Å². The normalized spacial score (nSPS) is 23.8. The lowest BCUT2D eigenvalue weighted by atomic mass is 9.84. The van der Waals surface area contributed by atoms with Crippen molar-refractivity contribution in [1.29, 1.82) is 0 Å². The molecule has 1 aromatic rings. The third kappa shape index (κ3) is 4.35. The van der Waals surface area contributed by atoms with Crippen LogP contribution in [0.2, 0.25) is 0 Å². The zero-order chi connectivity index (χ0) is 20.3. The fraction of sp³-hybridized carbons (Fsp3) is 0.609. The van der Waals surface area contributed by atoms with Crippen LogP contribution in [0.15, 0.2) is 30.3 Å². The van der Waals surface area contributed by atoms with Crippen LogP contribution in [-0.2, 0) is 20.8 Å². The quantitative estimate of drug-likeness (QED) is 0.482. The maximum Gasteiger partial charge on any atom is 0.291 e. The first-order valence-electron chi connectivity index (χ1n) is 10.4. The van der Waals surface area contributed by atoms with Crippen molar-refractivity contribution in [3.63, 3.8) is 0 Å². The molecule has 1 aromatic carbocycles. The number of nitrogens with zero attached hydrogens (tertiary/aromatic N) is 1. The van der Waals surface area contributed by atoms with Gasteiger partial charge in [0.1, 0.15) is 6.04 Å². The van der Waals surface area contributed by atoms with Crippen LogP contribution in [0.4, 0.5) is 0 Å². The first-order valence-corrected chi connectivity index (χ1v) is 11.4. The molecule has 0 N–H and O–H groups in total. The number of rotatable bonds is 8. The summed E-state index contributed by atoms with van der Waals surface area (Å²) in [6.45, 7) is 5.56. The Balaban J connectivity index is 1.60. The van der Waals surface area contributed by atoms with Crippen LogP contribution in [0, 0.1) is 11.3 Å². The number of likely N-dealkylation sites (tertiary alicyclic amines) is 1. The van der Waals surface area contributed by atoms with Gasteiger partial charge in [-0.25, -0.2) is 0 Å². The Morgan fingerprint density at radius 2 is 1.86 bits per heavy atom. The number of hydrogen-bond acceptors (Lipinski definition) is 4. The monoisotopic (exact) mass is 401 g/mol. The molecule has 2 fully saturated rings. The number of thioether (sulfide) groups is 1. The van der Waals surface area contributed by atoms with Crippen LogP contribution < -0.4 is 0 Å². The number of carbonyl (C=O) groups is 3. The molecule has 3 rings (SSSR count). The van der Waals surface area contributed by atoms with E-state index in [1.807, 2.05) is 39.0 Å². The Hall–Kier alpha value is -1.62. The van der Waals surface area contributed by atoms with Crippen LogP contribution in [-0.4, -0.2) is 39.5 Å². The summed E-state index contributed by atoms with van der Waals surface area (Å²) >= 11 is 1.33. The number of hydrogen-bond donors (Lipinski definition) is 0. The summed E-state index contributed by atoms with van der Waals surface area (Å²) in [5.74, 6) is 0.176. The minimum Gasteiger partial charge on any atom is -0.322 e. The summed E-state index contributed by atoms with van der Waals surface area (Å²) in [7, 11) is 0. The second kappa shape index (κ2) is 8.81. The van der Waals surface area contributed by atoms with Crippen LogP contribution in [0.5, 0.6) is 0 Å². The molecule has 28 heavy (non-hydrogen) atoms. The van der Waals surface area contributed by atoms with Gasteiger partial charge >= 0.3 is 0 Å². The molecule has 0 radical (unpaired) electrons. The van der Waals surface area contributed by atoms with E-state index in [0.717, 1.165) is 37.9 Å². The second-order valence-electron chi connectivity index (χ2n) is 8.71. The summed E-state index contributed by atoms with van der Waals surface area (Å²) in [5, 5.41) is 0.0655. The largest absolute Gasteiger partial charge is 0.322 e. The minimum atomic E-state index is -0.671. The molecule has 1 saturated carbocycles. The molecule has 1 saturated heterocycles. The van der Waals surface area contributed by atoms with Crippen LogP contribution in [0.3, 0.4) is 0 Å². The van der Waals surface area contributed by atoms with Gasteiger partial charge in [0, 0.05) is 17.2 Å². The van der Waals surface area contributed by atoms with E-state index in [0.29, 0.717) is 6.42 Å². The van der Waals surface area contributed by atoms with E-state index in [4.69, 9.17) is 0 Å². The summed E-state index contributed by atoms with van der Waals surface area (Å²) in [5.41, 5.74) is 0.606. The summed E-state index contributed by atoms with van der Waals surface area (Å²) in [6, 6.07) is 9.91. The standard InChI is InChI=1S/C23H31NO3S/c1-4-23(2,3)20(25)21(26)24-18-13-12-17(15-18)19(24)22(27)28-14-8-11-16-9-6-5-7-10-16/h5-7,9-10,17-19H,4,8,11-15H2,1-3H3/t17?,18?,19-/m0/s1. The third-order valence-electron chi connectivity index (χ3n) is 6.45. The van der Waals surface area contributed by atoms with Gasteiger partial charge in [-0.2, -0.15) is 0 Å². The maximum atomic E-state index is 13.0. The zero-order valence-corrected chi connectivity index (χ0v) is 18.0. The van der Waals surface area contributed by atoms with Gasteiger partial charge in [0.2, 0.25) is 10.9 Å². The van der Waals surface area contributed by atoms with Gasteiger partial charge < -0.3 is 4.90 Å². The highest BCUT2D eigenvalue weighted by Crippen LogP contribution is 2.44. The van der Waals surface area contributed by atoms with Crippen molar-refractivity contribution in [1.82, 2.24) is 4.90 Å². The predicted octanol–water partition coefficient (Wildman–Crippen LogP) is 4.26. The molecule has 0 spiro atoms. The van der Waals surface area contributed by atoms with Crippen LogP contribution in [0.1, 0.15) is 58.4 Å². The van der Waals surface area contributed by atoms with Crippen LogP contribution in [0.25, 0.3) is 0 Å². The van der Waals surface area contributed by atoms with E-state index in [1.165, 1.54) is 17.3 Å². The topological polar surface area (TPSA) is 54.5 Å². The number of amides is 1. The van der Waals surface area contributed by atoms with Gasteiger partial charge in [-0.1, -0.05) is 62.9 Å². The first kappa shape index (κ1) is 21.1. The van der Waals surface area contributed by atoms with Crippen LogP contribution >= 0.6 is 11.8 Å². The van der Waals surface area contributed by atoms with E-state index in [2.05, 4.69) is 12.1 Å². The van der Waals surface area contributed by atoms with Crippen molar-refractivity contribution in [3.8, 4) is 0 Å². The Morgan fingerprint density at radius 1 is 1.14 bits per heavy atom. The molecule has 1 aliphatic carbocycles. The molecule has 152 valence electrons. The highest BCUT2D eigenvalue weighted by Gasteiger charge is 2.53. The van der Waals surface area contributed by atoms with E-state index < -0.39 is 17.4 Å². The molecule has 2 bridgehead atoms. The van der Waals surface area contributed by atoms with E-state index in [1.54, 1.807) is 4.90 Å². The molecule has 2 aliphatic rings. The Morgan fingerprint density at radius 3 is 2.54 bits per heavy atom. The van der Waals surface area contributed by atoms with Gasteiger partial charge in [0.05, 0.1) is 0 Å². The third-order valence-corrected chi connectivity index (χ3v) is 7.47. The van der Waals surface area contributed by atoms with Gasteiger partial charge in [0.15, 0.2) is 0 Å². The molecule has 1 aliphatic heterocycles. The molecule has 3 atom stereocenters. The van der Waals surface area contributed by atoms with Crippen molar-refractivity contribution in [2.45, 2.75) is 71.4 Å². The van der Waals surface area contributed by atoms with Crippen molar-refractivity contribution >= 4 is 28.6 Å². The Bertz CT molecular complexity index is 731. The SMILES string of the molecule is CCC(C)(C)C(=O)C(=O)N1C2CCC(C2)[C@H]1C(=O)SCCCc1ccccc1. The molecule has 2 unspecified atom stereocenters. The average Bonchev–Trinajstić information content (AvgIpc) is 3.32. The zero-order valence-electron chi connectivity index (χ0n) is 17.1. The van der Waals surface area contributed by atoms with Crippen molar-refractivity contribution in [2.75, 3.05) is 5.75 Å². The molecule has 0 aromatic heterocycles. The molecule has 5 heteroatoms. The molecular weight excluding hydrogens is 370 g/mol. The fourth-order valence-electron chi connectivity index (χ4n) is 4.33. The lowest BCUT2D eigenvalue weighted by Crippen LogP contribution is -2.53. The number of ketones is 1. The predicted molar refractivity (Wildman–Crippen MR) is 113 cm³/mol. The molecule has 4 nitrogen and oxygen atoms in total. The lowest BCUT2D eigenvalue weighted by molar-refractivity contribution is -0.153. The first-order chi connectivity index (χ1) is 13.3. The van der Waals surface area contributed by atoms with E-state index >= 15 is 0 Å². The Labute approximate surface area is 172 Å². The average molecular weight is 402 g/mol. The van der Waals surface area contributed by atoms with Gasteiger partial charge in [-0.3, -0.25) is 14.4 Å². The molecular formula is C23H31NO3S. The summed E-state index contributed by atoms with van der Waals surface area (Å²) in [6.07, 6.45) is 5.26. The molecule has 1 heterocycles. The Kier molecular flexibility index (Phi) is 6.64.